The van der Waals surface area contributed by atoms with Crippen LogP contribution in [-0.2, 0) is 4.74 Å². The number of aliphatic hydroxyl groups excluding tert-OH is 2. The maximum Gasteiger partial charge on any atom is 0.126 e. The summed E-state index contributed by atoms with van der Waals surface area (Å²) in [4.78, 5) is 0. The maximum absolute atomic E-state index is 9.02. The van der Waals surface area contributed by atoms with Crippen molar-refractivity contribution < 1.29 is 20.2 Å². The molecule has 0 aliphatic carbocycles. The molecule has 0 radical (unpaired) electrons. The largest absolute Gasteiger partial charge is 0.411 e. The van der Waals surface area contributed by atoms with Crippen molar-refractivity contribution >= 4 is 5.71 Å². The van der Waals surface area contributed by atoms with Crippen LogP contribution in [0.1, 0.15) is 0 Å². The minimum Gasteiger partial charge on any atom is -0.411 e. The molecule has 2 atom stereocenters. The molecule has 0 bridgehead atoms. The van der Waals surface area contributed by atoms with Crippen molar-refractivity contribution in [2.45, 2.75) is 12.2 Å². The summed E-state index contributed by atoms with van der Waals surface area (Å²) < 4.78 is 4.75. The molecular weight excluding hydrogens is 138 g/mol. The summed E-state index contributed by atoms with van der Waals surface area (Å²) >= 11 is 0. The topological polar surface area (TPSA) is 82.3 Å². The van der Waals surface area contributed by atoms with Crippen molar-refractivity contribution in [2.24, 2.45) is 5.16 Å². The van der Waals surface area contributed by atoms with Crippen LogP contribution in [-0.4, -0.2) is 46.6 Å². The first-order chi connectivity index (χ1) is 4.75. The van der Waals surface area contributed by atoms with Crippen molar-refractivity contribution in [3.8, 4) is 0 Å². The first kappa shape index (κ1) is 7.46. The van der Waals surface area contributed by atoms with Crippen molar-refractivity contribution in [2.75, 3.05) is 13.2 Å². The Morgan fingerprint density at radius 1 is 1.50 bits per heavy atom. The van der Waals surface area contributed by atoms with E-state index in [9.17, 15) is 0 Å². The number of rotatable bonds is 0. The van der Waals surface area contributed by atoms with E-state index in [0.717, 1.165) is 0 Å². The average Bonchev–Trinajstić information content (AvgIpc) is 1.95. The van der Waals surface area contributed by atoms with E-state index in [0.29, 0.717) is 0 Å². The summed E-state index contributed by atoms with van der Waals surface area (Å²) in [6.07, 6.45) is -2.06. The number of ether oxygens (including phenoxy) is 1. The fourth-order valence-corrected chi connectivity index (χ4v) is 0.771. The van der Waals surface area contributed by atoms with Gasteiger partial charge in [-0.25, -0.2) is 0 Å². The van der Waals surface area contributed by atoms with Crippen LogP contribution in [0.25, 0.3) is 0 Å². The zero-order chi connectivity index (χ0) is 7.56. The van der Waals surface area contributed by atoms with Crippen molar-refractivity contribution in [1.29, 1.82) is 0 Å². The molecule has 1 aliphatic rings. The molecule has 3 N–H and O–H groups in total. The summed E-state index contributed by atoms with van der Waals surface area (Å²) in [5.74, 6) is 0. The maximum atomic E-state index is 9.02. The molecule has 0 amide bonds. The Kier molecular flexibility index (Phi) is 2.21. The molecule has 0 saturated carbocycles. The van der Waals surface area contributed by atoms with Crippen LogP contribution in [0.5, 0.6) is 0 Å². The zero-order valence-electron chi connectivity index (χ0n) is 5.27. The van der Waals surface area contributed by atoms with Crippen molar-refractivity contribution in [3.63, 3.8) is 0 Å². The van der Waals surface area contributed by atoms with Crippen molar-refractivity contribution in [3.05, 3.63) is 0 Å². The van der Waals surface area contributed by atoms with E-state index in [-0.39, 0.29) is 18.9 Å². The van der Waals surface area contributed by atoms with E-state index >= 15 is 0 Å². The Labute approximate surface area is 57.5 Å². The summed E-state index contributed by atoms with van der Waals surface area (Å²) in [7, 11) is 0. The van der Waals surface area contributed by atoms with Gasteiger partial charge in [0, 0.05) is 0 Å². The van der Waals surface area contributed by atoms with Crippen LogP contribution in [0, 0.1) is 0 Å². The average molecular weight is 147 g/mol. The fraction of sp³-hybridized carbons (Fsp3) is 0.800. The minimum absolute atomic E-state index is 0.0683. The summed E-state index contributed by atoms with van der Waals surface area (Å²) in [5, 5.41) is 28.9. The van der Waals surface area contributed by atoms with Gasteiger partial charge >= 0.3 is 0 Å². The molecule has 1 saturated heterocycles. The Hall–Kier alpha value is -0.650. The number of hydrogen-bond donors (Lipinski definition) is 3. The highest BCUT2D eigenvalue weighted by molar-refractivity contribution is 5.90. The smallest absolute Gasteiger partial charge is 0.126 e. The van der Waals surface area contributed by atoms with E-state index in [2.05, 4.69) is 5.16 Å². The van der Waals surface area contributed by atoms with Gasteiger partial charge in [0.05, 0.1) is 13.2 Å². The monoisotopic (exact) mass is 147 g/mol. The molecule has 1 heterocycles. The number of oxime groups is 1. The van der Waals surface area contributed by atoms with Gasteiger partial charge in [0.25, 0.3) is 0 Å². The molecule has 5 nitrogen and oxygen atoms in total. The van der Waals surface area contributed by atoms with Crippen LogP contribution < -0.4 is 0 Å². The lowest BCUT2D eigenvalue weighted by Crippen LogP contribution is -2.44. The molecule has 1 rings (SSSR count). The lowest BCUT2D eigenvalue weighted by atomic mass is 10.1. The number of aliphatic hydroxyl groups is 2. The molecule has 0 spiro atoms. The van der Waals surface area contributed by atoms with Crippen LogP contribution in [0.2, 0.25) is 0 Å². The predicted octanol–water partition coefficient (Wildman–Crippen LogP) is -1.43. The second kappa shape index (κ2) is 2.96. The molecule has 0 aromatic heterocycles. The minimum atomic E-state index is -1.08. The summed E-state index contributed by atoms with van der Waals surface area (Å²) in [6, 6.07) is 0. The van der Waals surface area contributed by atoms with Crippen LogP contribution in [0.4, 0.5) is 0 Å². The van der Waals surface area contributed by atoms with Crippen LogP contribution in [0.3, 0.4) is 0 Å². The second-order valence-corrected chi connectivity index (χ2v) is 2.12. The van der Waals surface area contributed by atoms with Gasteiger partial charge in [-0.2, -0.15) is 0 Å². The quantitative estimate of drug-likeness (QED) is 0.290. The molecule has 2 unspecified atom stereocenters. The fourth-order valence-electron chi connectivity index (χ4n) is 0.771. The Morgan fingerprint density at radius 2 is 2.20 bits per heavy atom. The number of nitrogens with zero attached hydrogens (tertiary/aromatic N) is 1. The Balaban J connectivity index is 2.60. The summed E-state index contributed by atoms with van der Waals surface area (Å²) in [6.45, 7) is 0.162. The van der Waals surface area contributed by atoms with Gasteiger partial charge in [0.2, 0.25) is 0 Å². The first-order valence-corrected chi connectivity index (χ1v) is 2.90. The highest BCUT2D eigenvalue weighted by Gasteiger charge is 2.27. The number of hydrogen-bond acceptors (Lipinski definition) is 5. The van der Waals surface area contributed by atoms with Crippen LogP contribution in [0.15, 0.2) is 5.16 Å². The lowest BCUT2D eigenvalue weighted by molar-refractivity contribution is -0.0289. The van der Waals surface area contributed by atoms with Gasteiger partial charge in [-0.05, 0) is 0 Å². The zero-order valence-corrected chi connectivity index (χ0v) is 5.27. The molecule has 58 valence electrons. The SMILES string of the molecule is O/N=C1\COCC(O)C1O. The molecular formula is C5H9NO4. The van der Waals surface area contributed by atoms with Gasteiger partial charge in [-0.1, -0.05) is 5.16 Å². The normalized spacial score (nSPS) is 38.4. The molecule has 0 aromatic carbocycles. The standard InChI is InChI=1S/C5H9NO4/c7-4-2-10-1-3(6-9)5(4)8/h4-5,7-9H,1-2H2/b6-3+. The highest BCUT2D eigenvalue weighted by Crippen LogP contribution is 2.04. The third-order valence-corrected chi connectivity index (χ3v) is 1.37. The van der Waals surface area contributed by atoms with E-state index in [1.807, 2.05) is 0 Å². The first-order valence-electron chi connectivity index (χ1n) is 2.90. The molecule has 0 aromatic rings. The molecule has 10 heavy (non-hydrogen) atoms. The van der Waals surface area contributed by atoms with Gasteiger partial charge in [0.1, 0.15) is 17.9 Å². The third-order valence-electron chi connectivity index (χ3n) is 1.37. The molecule has 1 fully saturated rings. The summed E-state index contributed by atoms with van der Waals surface area (Å²) in [5.41, 5.74) is 0.0683. The van der Waals surface area contributed by atoms with E-state index < -0.39 is 12.2 Å². The second-order valence-electron chi connectivity index (χ2n) is 2.12. The molecule has 1 aliphatic heterocycles. The van der Waals surface area contributed by atoms with E-state index in [4.69, 9.17) is 20.2 Å². The lowest BCUT2D eigenvalue weighted by Gasteiger charge is -2.23. The van der Waals surface area contributed by atoms with Gasteiger partial charge in [-0.3, -0.25) is 0 Å². The molecule has 5 heteroatoms. The van der Waals surface area contributed by atoms with E-state index in [1.165, 1.54) is 0 Å². The highest BCUT2D eigenvalue weighted by atomic mass is 16.5. The Bertz CT molecular complexity index is 147. The Morgan fingerprint density at radius 3 is 2.70 bits per heavy atom. The third kappa shape index (κ3) is 1.26. The van der Waals surface area contributed by atoms with Gasteiger partial charge < -0.3 is 20.2 Å². The van der Waals surface area contributed by atoms with E-state index in [1.54, 1.807) is 0 Å². The van der Waals surface area contributed by atoms with Gasteiger partial charge in [0.15, 0.2) is 0 Å². The van der Waals surface area contributed by atoms with Gasteiger partial charge in [-0.15, -0.1) is 0 Å². The van der Waals surface area contributed by atoms with Crippen molar-refractivity contribution in [1.82, 2.24) is 0 Å². The predicted molar refractivity (Wildman–Crippen MR) is 32.1 cm³/mol. The van der Waals surface area contributed by atoms with Crippen LogP contribution >= 0.6 is 0 Å².